The highest BCUT2D eigenvalue weighted by molar-refractivity contribution is 7.90. The van der Waals surface area contributed by atoms with E-state index in [1.54, 1.807) is 18.2 Å². The average Bonchev–Trinajstić information content (AvgIpc) is 3.65. The van der Waals surface area contributed by atoms with E-state index in [0.29, 0.717) is 6.42 Å². The third kappa shape index (κ3) is 4.61. The molecule has 2 atom stereocenters. The van der Waals surface area contributed by atoms with Crippen molar-refractivity contribution >= 4 is 26.4 Å². The molecular formula is C27H25N3O3S. The van der Waals surface area contributed by atoms with Crippen molar-refractivity contribution in [3.05, 3.63) is 95.8 Å². The minimum atomic E-state index is -3.53. The Morgan fingerprint density at radius 2 is 1.79 bits per heavy atom. The number of Topliss-reactive ketones (excluding diaryl/α,β-unsaturated/α-hetero) is 1. The van der Waals surface area contributed by atoms with Crippen molar-refractivity contribution in [2.24, 2.45) is 5.92 Å². The van der Waals surface area contributed by atoms with Crippen LogP contribution in [-0.4, -0.2) is 29.2 Å². The molecule has 172 valence electrons. The number of benzene rings is 2. The lowest BCUT2D eigenvalue weighted by Crippen LogP contribution is -2.08. The predicted octanol–water partition coefficient (Wildman–Crippen LogP) is 4.48. The molecule has 4 aromatic rings. The van der Waals surface area contributed by atoms with Crippen LogP contribution in [0, 0.1) is 5.92 Å². The molecule has 0 aliphatic heterocycles. The molecule has 2 aromatic heterocycles. The zero-order valence-electron chi connectivity index (χ0n) is 18.9. The van der Waals surface area contributed by atoms with Gasteiger partial charge >= 0.3 is 0 Å². The van der Waals surface area contributed by atoms with E-state index < -0.39 is 9.84 Å². The highest BCUT2D eigenvalue weighted by Crippen LogP contribution is 2.48. The molecule has 0 saturated heterocycles. The molecule has 1 fully saturated rings. The van der Waals surface area contributed by atoms with Crippen LogP contribution in [0.4, 0.5) is 0 Å². The summed E-state index contributed by atoms with van der Waals surface area (Å²) in [5.41, 5.74) is 3.21. The maximum atomic E-state index is 13.0. The maximum Gasteiger partial charge on any atom is 0.185 e. The second kappa shape index (κ2) is 9.06. The molecule has 2 heterocycles. The molecule has 34 heavy (non-hydrogen) atoms. The van der Waals surface area contributed by atoms with Crippen molar-refractivity contribution in [3.63, 3.8) is 0 Å². The van der Waals surface area contributed by atoms with E-state index >= 15 is 0 Å². The topological polar surface area (TPSA) is 89.9 Å². The van der Waals surface area contributed by atoms with Crippen molar-refractivity contribution in [2.75, 3.05) is 0 Å². The summed E-state index contributed by atoms with van der Waals surface area (Å²) in [4.78, 5) is 25.5. The molecule has 0 spiro atoms. The number of ketones is 1. The predicted molar refractivity (Wildman–Crippen MR) is 130 cm³/mol. The second-order valence-electron chi connectivity index (χ2n) is 8.79. The van der Waals surface area contributed by atoms with Gasteiger partial charge in [-0.2, -0.15) is 0 Å². The molecule has 7 heteroatoms. The first-order valence-corrected chi connectivity index (χ1v) is 13.1. The quantitative estimate of drug-likeness (QED) is 0.376. The molecule has 0 N–H and O–H groups in total. The largest absolute Gasteiger partial charge is 0.299 e. The number of carbonyl (C=O) groups excluding carboxylic acids is 1. The summed E-state index contributed by atoms with van der Waals surface area (Å²) in [5.74, 6) is 0.403. The van der Waals surface area contributed by atoms with Crippen LogP contribution in [0.2, 0.25) is 0 Å². The highest BCUT2D eigenvalue weighted by atomic mass is 32.2. The number of sulfone groups is 1. The number of rotatable bonds is 8. The first-order valence-electron chi connectivity index (χ1n) is 11.4. The van der Waals surface area contributed by atoms with Crippen molar-refractivity contribution in [2.45, 2.75) is 42.8 Å². The van der Waals surface area contributed by atoms with Crippen LogP contribution in [0.15, 0.2) is 78.2 Å². The SMILES string of the molecule is CCc1cncc2ccc(CC(=O)[C@@H]3CC3c3ccc(S(=O)(=O)Cc4ncccn4)cc3)cc12. The molecule has 1 aliphatic carbocycles. The van der Waals surface area contributed by atoms with E-state index in [4.69, 9.17) is 0 Å². The molecule has 1 saturated carbocycles. The van der Waals surface area contributed by atoms with Gasteiger partial charge in [-0.05, 0) is 59.0 Å². The Labute approximate surface area is 199 Å². The number of nitrogens with zero attached hydrogens (tertiary/aromatic N) is 3. The van der Waals surface area contributed by atoms with Gasteiger partial charge in [-0.25, -0.2) is 18.4 Å². The summed E-state index contributed by atoms with van der Waals surface area (Å²) in [6.45, 7) is 2.11. The Kier molecular flexibility index (Phi) is 5.96. The van der Waals surface area contributed by atoms with Gasteiger partial charge in [0.05, 0.1) is 4.90 Å². The van der Waals surface area contributed by atoms with Gasteiger partial charge in [-0.1, -0.05) is 37.3 Å². The number of pyridine rings is 1. The monoisotopic (exact) mass is 471 g/mol. The molecule has 2 aromatic carbocycles. The zero-order chi connectivity index (χ0) is 23.7. The van der Waals surface area contributed by atoms with Crippen LogP contribution < -0.4 is 0 Å². The summed E-state index contributed by atoms with van der Waals surface area (Å²) < 4.78 is 25.3. The second-order valence-corrected chi connectivity index (χ2v) is 10.8. The van der Waals surface area contributed by atoms with Crippen LogP contribution >= 0.6 is 0 Å². The zero-order valence-corrected chi connectivity index (χ0v) is 19.7. The molecule has 1 unspecified atom stereocenters. The fraction of sp³-hybridized carbons (Fsp3) is 0.259. The number of aryl methyl sites for hydroxylation is 1. The van der Waals surface area contributed by atoms with E-state index in [2.05, 4.69) is 27.9 Å². The van der Waals surface area contributed by atoms with Crippen LogP contribution in [-0.2, 0) is 33.2 Å². The number of fused-ring (bicyclic) bond motifs is 1. The standard InChI is InChI=1S/C27H25N3O3S/c1-2-19-15-28-16-21-5-4-18(12-23(19)21)13-26(31)25-14-24(25)20-6-8-22(9-7-20)34(32,33)17-27-29-10-3-11-30-27/h3-12,15-16,24-25H,2,13-14,17H2,1H3/t24?,25-/m1/s1. The summed E-state index contributed by atoms with van der Waals surface area (Å²) in [6.07, 6.45) is 8.92. The van der Waals surface area contributed by atoms with Gasteiger partial charge in [0, 0.05) is 42.5 Å². The van der Waals surface area contributed by atoms with E-state index in [1.807, 2.05) is 36.7 Å². The smallest absolute Gasteiger partial charge is 0.185 e. The lowest BCUT2D eigenvalue weighted by Gasteiger charge is -2.07. The maximum absolute atomic E-state index is 13.0. The number of hydrogen-bond donors (Lipinski definition) is 0. The fourth-order valence-corrected chi connectivity index (χ4v) is 5.70. The molecule has 5 rings (SSSR count). The van der Waals surface area contributed by atoms with Gasteiger partial charge in [0.2, 0.25) is 0 Å². The molecule has 0 bridgehead atoms. The Hall–Kier alpha value is -3.45. The molecule has 6 nitrogen and oxygen atoms in total. The van der Waals surface area contributed by atoms with Gasteiger partial charge < -0.3 is 0 Å². The lowest BCUT2D eigenvalue weighted by molar-refractivity contribution is -0.119. The van der Waals surface area contributed by atoms with Crippen LogP contribution in [0.5, 0.6) is 0 Å². The van der Waals surface area contributed by atoms with E-state index in [0.717, 1.165) is 34.7 Å². The Bertz CT molecular complexity index is 1450. The Morgan fingerprint density at radius 3 is 2.53 bits per heavy atom. The molecule has 1 aliphatic rings. The van der Waals surface area contributed by atoms with Crippen molar-refractivity contribution in [3.8, 4) is 0 Å². The third-order valence-corrected chi connectivity index (χ3v) is 8.11. The van der Waals surface area contributed by atoms with E-state index in [-0.39, 0.29) is 34.1 Å². The van der Waals surface area contributed by atoms with Gasteiger partial charge in [0.25, 0.3) is 0 Å². The van der Waals surface area contributed by atoms with E-state index in [1.165, 1.54) is 18.0 Å². The van der Waals surface area contributed by atoms with Crippen molar-refractivity contribution in [1.29, 1.82) is 0 Å². The summed E-state index contributed by atoms with van der Waals surface area (Å²) >= 11 is 0. The third-order valence-electron chi connectivity index (χ3n) is 6.48. The van der Waals surface area contributed by atoms with Gasteiger partial charge in [-0.15, -0.1) is 0 Å². The number of aromatic nitrogens is 3. The summed E-state index contributed by atoms with van der Waals surface area (Å²) in [5, 5.41) is 2.25. The lowest BCUT2D eigenvalue weighted by atomic mass is 9.98. The van der Waals surface area contributed by atoms with Crippen molar-refractivity contribution in [1.82, 2.24) is 15.0 Å². The first kappa shape index (κ1) is 22.3. The number of hydrogen-bond acceptors (Lipinski definition) is 6. The van der Waals surface area contributed by atoms with Gasteiger partial charge in [0.15, 0.2) is 9.84 Å². The normalized spacial score (nSPS) is 17.6. The van der Waals surface area contributed by atoms with Gasteiger partial charge in [0.1, 0.15) is 17.4 Å². The van der Waals surface area contributed by atoms with Crippen LogP contribution in [0.25, 0.3) is 10.8 Å². The Morgan fingerprint density at radius 1 is 1.03 bits per heavy atom. The van der Waals surface area contributed by atoms with Gasteiger partial charge in [-0.3, -0.25) is 9.78 Å². The minimum absolute atomic E-state index is 0.0149. The molecule has 0 radical (unpaired) electrons. The summed E-state index contributed by atoms with van der Waals surface area (Å²) in [6, 6.07) is 14.7. The summed E-state index contributed by atoms with van der Waals surface area (Å²) in [7, 11) is -3.53. The van der Waals surface area contributed by atoms with E-state index in [9.17, 15) is 13.2 Å². The first-order chi connectivity index (χ1) is 16.4. The fourth-order valence-electron chi connectivity index (χ4n) is 4.49. The molecular weight excluding hydrogens is 446 g/mol. The van der Waals surface area contributed by atoms with Crippen LogP contribution in [0.3, 0.4) is 0 Å². The molecule has 0 amide bonds. The van der Waals surface area contributed by atoms with Crippen LogP contribution in [0.1, 0.15) is 41.8 Å². The highest BCUT2D eigenvalue weighted by Gasteiger charge is 2.43. The number of carbonyl (C=O) groups is 1. The minimum Gasteiger partial charge on any atom is -0.299 e. The van der Waals surface area contributed by atoms with Crippen molar-refractivity contribution < 1.29 is 13.2 Å². The average molecular weight is 472 g/mol. The Balaban J connectivity index is 1.25.